The SMILES string of the molecule is C[C@@H](Sc1ncn[nH]1)C(=O)Nc1ccc(C#N)cc1. The Morgan fingerprint density at radius 3 is 2.79 bits per heavy atom. The zero-order valence-electron chi connectivity index (χ0n) is 10.1. The van der Waals surface area contributed by atoms with Gasteiger partial charge in [-0.1, -0.05) is 11.8 Å². The second-order valence-corrected chi connectivity index (χ2v) is 5.06. The Balaban J connectivity index is 1.94. The van der Waals surface area contributed by atoms with E-state index in [0.29, 0.717) is 16.4 Å². The van der Waals surface area contributed by atoms with Gasteiger partial charge in [0.1, 0.15) is 6.33 Å². The number of amides is 1. The van der Waals surface area contributed by atoms with E-state index in [0.717, 1.165) is 0 Å². The lowest BCUT2D eigenvalue weighted by molar-refractivity contribution is -0.115. The number of aromatic amines is 1. The van der Waals surface area contributed by atoms with Gasteiger partial charge in [-0.3, -0.25) is 9.89 Å². The highest BCUT2D eigenvalue weighted by Gasteiger charge is 2.15. The van der Waals surface area contributed by atoms with Gasteiger partial charge in [0.15, 0.2) is 5.16 Å². The molecule has 1 atom stereocenters. The van der Waals surface area contributed by atoms with Crippen LogP contribution in [0.5, 0.6) is 0 Å². The molecule has 19 heavy (non-hydrogen) atoms. The van der Waals surface area contributed by atoms with Crippen molar-refractivity contribution in [3.63, 3.8) is 0 Å². The summed E-state index contributed by atoms with van der Waals surface area (Å²) in [6.07, 6.45) is 1.40. The Bertz CT molecular complexity index is 588. The Labute approximate surface area is 114 Å². The summed E-state index contributed by atoms with van der Waals surface area (Å²) in [4.78, 5) is 15.9. The number of carbonyl (C=O) groups is 1. The van der Waals surface area contributed by atoms with Crippen LogP contribution in [0, 0.1) is 11.3 Å². The van der Waals surface area contributed by atoms with Crippen molar-refractivity contribution in [2.24, 2.45) is 0 Å². The maximum atomic E-state index is 11.9. The van der Waals surface area contributed by atoms with Crippen molar-refractivity contribution in [3.8, 4) is 6.07 Å². The average molecular weight is 273 g/mol. The number of nitrogens with zero attached hydrogens (tertiary/aromatic N) is 3. The molecule has 1 amide bonds. The molecule has 0 aliphatic carbocycles. The third-order valence-corrected chi connectivity index (χ3v) is 3.32. The van der Waals surface area contributed by atoms with Crippen LogP contribution in [-0.2, 0) is 4.79 Å². The van der Waals surface area contributed by atoms with Crippen molar-refractivity contribution >= 4 is 23.4 Å². The summed E-state index contributed by atoms with van der Waals surface area (Å²) in [5.41, 5.74) is 1.22. The van der Waals surface area contributed by atoms with Gasteiger partial charge in [0.25, 0.3) is 0 Å². The number of hydrogen-bond donors (Lipinski definition) is 2. The molecule has 0 aliphatic heterocycles. The molecule has 0 fully saturated rings. The lowest BCUT2D eigenvalue weighted by Gasteiger charge is -2.10. The Morgan fingerprint density at radius 2 is 2.21 bits per heavy atom. The van der Waals surface area contributed by atoms with E-state index in [1.54, 1.807) is 31.2 Å². The first-order valence-electron chi connectivity index (χ1n) is 5.52. The lowest BCUT2D eigenvalue weighted by atomic mass is 10.2. The first-order valence-corrected chi connectivity index (χ1v) is 6.40. The molecule has 7 heteroatoms. The van der Waals surface area contributed by atoms with Crippen molar-refractivity contribution < 1.29 is 4.79 Å². The van der Waals surface area contributed by atoms with Crippen LogP contribution in [0.25, 0.3) is 0 Å². The van der Waals surface area contributed by atoms with Crippen molar-refractivity contribution in [3.05, 3.63) is 36.2 Å². The first-order chi connectivity index (χ1) is 9.19. The largest absolute Gasteiger partial charge is 0.325 e. The van der Waals surface area contributed by atoms with E-state index in [1.807, 2.05) is 6.07 Å². The van der Waals surface area contributed by atoms with Crippen molar-refractivity contribution in [1.29, 1.82) is 5.26 Å². The van der Waals surface area contributed by atoms with Gasteiger partial charge >= 0.3 is 0 Å². The molecule has 1 aromatic heterocycles. The Kier molecular flexibility index (Phi) is 4.15. The predicted octanol–water partition coefficient (Wildman–Crippen LogP) is 1.80. The van der Waals surface area contributed by atoms with E-state index in [9.17, 15) is 4.79 Å². The number of aromatic nitrogens is 3. The van der Waals surface area contributed by atoms with Gasteiger partial charge in [-0.25, -0.2) is 4.98 Å². The molecule has 0 radical (unpaired) electrons. The second-order valence-electron chi connectivity index (χ2n) is 3.73. The molecule has 0 unspecified atom stereocenters. The summed E-state index contributed by atoms with van der Waals surface area (Å²) in [7, 11) is 0. The van der Waals surface area contributed by atoms with E-state index in [2.05, 4.69) is 20.5 Å². The summed E-state index contributed by atoms with van der Waals surface area (Å²) in [6, 6.07) is 8.73. The molecule has 0 saturated heterocycles. The van der Waals surface area contributed by atoms with E-state index >= 15 is 0 Å². The van der Waals surface area contributed by atoms with Crippen LogP contribution in [0.4, 0.5) is 5.69 Å². The summed E-state index contributed by atoms with van der Waals surface area (Å²) in [5.74, 6) is -0.133. The highest BCUT2D eigenvalue weighted by molar-refractivity contribution is 8.00. The number of thioether (sulfide) groups is 1. The fourth-order valence-electron chi connectivity index (χ4n) is 1.34. The molecule has 1 aromatic carbocycles. The van der Waals surface area contributed by atoms with Crippen molar-refractivity contribution in [1.82, 2.24) is 15.2 Å². The van der Waals surface area contributed by atoms with Crippen LogP contribution in [0.1, 0.15) is 12.5 Å². The molecule has 96 valence electrons. The zero-order chi connectivity index (χ0) is 13.7. The van der Waals surface area contributed by atoms with Crippen LogP contribution in [0.3, 0.4) is 0 Å². The third-order valence-electron chi connectivity index (χ3n) is 2.33. The number of hydrogen-bond acceptors (Lipinski definition) is 5. The summed E-state index contributed by atoms with van der Waals surface area (Å²) >= 11 is 1.29. The van der Waals surface area contributed by atoms with Crippen LogP contribution in [0.2, 0.25) is 0 Å². The standard InChI is InChI=1S/C12H11N5OS/c1-8(19-12-14-7-15-17-12)11(18)16-10-4-2-9(6-13)3-5-10/h2-5,7-8H,1H3,(H,16,18)(H,14,15,17)/t8-/m1/s1. The average Bonchev–Trinajstić information content (AvgIpc) is 2.92. The molecule has 6 nitrogen and oxygen atoms in total. The maximum absolute atomic E-state index is 11.9. The Morgan fingerprint density at radius 1 is 1.47 bits per heavy atom. The van der Waals surface area contributed by atoms with Gasteiger partial charge in [-0.05, 0) is 31.2 Å². The summed E-state index contributed by atoms with van der Waals surface area (Å²) in [6.45, 7) is 1.78. The minimum atomic E-state index is -0.302. The van der Waals surface area contributed by atoms with Gasteiger partial charge < -0.3 is 5.32 Å². The first kappa shape index (κ1) is 13.1. The fraction of sp³-hybridized carbons (Fsp3) is 0.167. The molecular weight excluding hydrogens is 262 g/mol. The quantitative estimate of drug-likeness (QED) is 0.828. The number of nitriles is 1. The van der Waals surface area contributed by atoms with Gasteiger partial charge in [-0.15, -0.1) is 0 Å². The van der Waals surface area contributed by atoms with Crippen LogP contribution in [0.15, 0.2) is 35.7 Å². The van der Waals surface area contributed by atoms with Gasteiger partial charge in [0.05, 0.1) is 16.9 Å². The fourth-order valence-corrected chi connectivity index (χ4v) is 2.06. The number of benzene rings is 1. The van der Waals surface area contributed by atoms with E-state index in [1.165, 1.54) is 18.1 Å². The minimum absolute atomic E-state index is 0.133. The molecule has 2 N–H and O–H groups in total. The molecule has 2 rings (SSSR count). The smallest absolute Gasteiger partial charge is 0.237 e. The Hall–Kier alpha value is -2.33. The molecule has 0 saturated carbocycles. The lowest BCUT2D eigenvalue weighted by Crippen LogP contribution is -2.22. The van der Waals surface area contributed by atoms with Crippen molar-refractivity contribution in [2.45, 2.75) is 17.3 Å². The monoisotopic (exact) mass is 273 g/mol. The second kappa shape index (κ2) is 6.02. The molecule has 1 heterocycles. The topological polar surface area (TPSA) is 94.5 Å². The predicted molar refractivity (Wildman–Crippen MR) is 71.5 cm³/mol. The highest BCUT2D eigenvalue weighted by atomic mass is 32.2. The van der Waals surface area contributed by atoms with Crippen LogP contribution in [-0.4, -0.2) is 26.3 Å². The summed E-state index contributed by atoms with van der Waals surface area (Å²) < 4.78 is 0. The maximum Gasteiger partial charge on any atom is 0.237 e. The van der Waals surface area contributed by atoms with E-state index in [-0.39, 0.29) is 11.2 Å². The van der Waals surface area contributed by atoms with Crippen LogP contribution >= 0.6 is 11.8 Å². The summed E-state index contributed by atoms with van der Waals surface area (Å²) in [5, 5.41) is 18.2. The molecular formula is C12H11N5OS. The molecule has 0 aliphatic rings. The number of anilines is 1. The minimum Gasteiger partial charge on any atom is -0.325 e. The molecule has 0 bridgehead atoms. The number of H-pyrrole nitrogens is 1. The zero-order valence-corrected chi connectivity index (χ0v) is 10.9. The highest BCUT2D eigenvalue weighted by Crippen LogP contribution is 2.19. The van der Waals surface area contributed by atoms with Gasteiger partial charge in [-0.2, -0.15) is 10.4 Å². The number of nitrogens with one attached hydrogen (secondary N) is 2. The van der Waals surface area contributed by atoms with Gasteiger partial charge in [0.2, 0.25) is 5.91 Å². The third kappa shape index (κ3) is 3.56. The number of rotatable bonds is 4. The van der Waals surface area contributed by atoms with Crippen molar-refractivity contribution in [2.75, 3.05) is 5.32 Å². The van der Waals surface area contributed by atoms with E-state index < -0.39 is 0 Å². The normalized spacial score (nSPS) is 11.6. The molecule has 0 spiro atoms. The van der Waals surface area contributed by atoms with Crippen LogP contribution < -0.4 is 5.32 Å². The van der Waals surface area contributed by atoms with E-state index in [4.69, 9.17) is 5.26 Å². The van der Waals surface area contributed by atoms with Gasteiger partial charge in [0, 0.05) is 5.69 Å². The number of carbonyl (C=O) groups excluding carboxylic acids is 1. The molecule has 2 aromatic rings.